The summed E-state index contributed by atoms with van der Waals surface area (Å²) in [5.41, 5.74) is -3.28. The van der Waals surface area contributed by atoms with Crippen LogP contribution in [0.1, 0.15) is 40.9 Å². The zero-order valence-corrected chi connectivity index (χ0v) is 16.9. The van der Waals surface area contributed by atoms with Crippen molar-refractivity contribution in [3.63, 3.8) is 0 Å². The number of hydrogen-bond donors (Lipinski definition) is 1. The maximum Gasteiger partial charge on any atom is 0.416 e. The quantitative estimate of drug-likeness (QED) is 0.678. The van der Waals surface area contributed by atoms with Gasteiger partial charge < -0.3 is 10.2 Å². The third-order valence-electron chi connectivity index (χ3n) is 6.16. The first kappa shape index (κ1) is 22.5. The van der Waals surface area contributed by atoms with Crippen LogP contribution in [0.25, 0.3) is 11.4 Å². The van der Waals surface area contributed by atoms with E-state index >= 15 is 0 Å². The minimum Gasteiger partial charge on any atom is -0.337 e. The Morgan fingerprint density at radius 1 is 0.969 bits per heavy atom. The van der Waals surface area contributed by atoms with Crippen LogP contribution < -0.4 is 5.32 Å². The van der Waals surface area contributed by atoms with Gasteiger partial charge in [-0.15, -0.1) is 0 Å². The summed E-state index contributed by atoms with van der Waals surface area (Å²) in [4.78, 5) is 22.3. The van der Waals surface area contributed by atoms with E-state index in [1.54, 1.807) is 4.90 Å². The minimum atomic E-state index is -4.98. The molecule has 11 heteroatoms. The summed E-state index contributed by atoms with van der Waals surface area (Å²) in [5, 5.41) is 3.33. The van der Waals surface area contributed by atoms with E-state index in [1.165, 1.54) is 6.07 Å². The molecule has 1 amide bonds. The smallest absolute Gasteiger partial charge is 0.337 e. The van der Waals surface area contributed by atoms with Gasteiger partial charge in [-0.2, -0.15) is 26.3 Å². The van der Waals surface area contributed by atoms with Crippen LogP contribution >= 0.6 is 0 Å². The lowest BCUT2D eigenvalue weighted by atomic mass is 9.78. The average molecular weight is 458 g/mol. The van der Waals surface area contributed by atoms with Crippen LogP contribution in [0.15, 0.2) is 30.5 Å². The number of halogens is 6. The van der Waals surface area contributed by atoms with Crippen molar-refractivity contribution in [2.75, 3.05) is 26.2 Å². The number of benzene rings is 1. The number of amides is 1. The predicted molar refractivity (Wildman–Crippen MR) is 103 cm³/mol. The van der Waals surface area contributed by atoms with Crippen LogP contribution in [-0.4, -0.2) is 47.0 Å². The molecule has 2 fully saturated rings. The van der Waals surface area contributed by atoms with Gasteiger partial charge in [-0.3, -0.25) is 4.79 Å². The van der Waals surface area contributed by atoms with Gasteiger partial charge in [0.1, 0.15) is 5.69 Å². The number of nitrogens with one attached hydrogen (secondary N) is 1. The second kappa shape index (κ2) is 8.02. The molecule has 0 bridgehead atoms. The van der Waals surface area contributed by atoms with E-state index in [0.29, 0.717) is 25.2 Å². The van der Waals surface area contributed by atoms with E-state index in [9.17, 15) is 31.1 Å². The molecule has 32 heavy (non-hydrogen) atoms. The molecule has 1 N–H and O–H groups in total. The van der Waals surface area contributed by atoms with E-state index in [0.717, 1.165) is 38.5 Å². The largest absolute Gasteiger partial charge is 0.416 e. The molecule has 1 spiro atoms. The maximum absolute atomic E-state index is 13.2. The fourth-order valence-electron chi connectivity index (χ4n) is 4.27. The first-order valence-electron chi connectivity index (χ1n) is 10.1. The molecule has 2 aliphatic heterocycles. The van der Waals surface area contributed by atoms with Gasteiger partial charge in [0, 0.05) is 31.4 Å². The molecule has 0 aliphatic carbocycles. The van der Waals surface area contributed by atoms with E-state index in [2.05, 4.69) is 15.3 Å². The Morgan fingerprint density at radius 2 is 1.59 bits per heavy atom. The number of alkyl halides is 6. The van der Waals surface area contributed by atoms with Gasteiger partial charge in [0.25, 0.3) is 5.91 Å². The molecule has 2 aliphatic rings. The Morgan fingerprint density at radius 3 is 2.12 bits per heavy atom. The van der Waals surface area contributed by atoms with Crippen LogP contribution in [0.3, 0.4) is 0 Å². The van der Waals surface area contributed by atoms with Crippen LogP contribution in [-0.2, 0) is 12.4 Å². The third-order valence-corrected chi connectivity index (χ3v) is 6.16. The number of nitrogens with zero attached hydrogens (tertiary/aromatic N) is 3. The number of piperidine rings is 1. The molecule has 1 aromatic heterocycles. The minimum absolute atomic E-state index is 0.0416. The Hall–Kier alpha value is -2.69. The maximum atomic E-state index is 13.2. The van der Waals surface area contributed by atoms with Crippen LogP contribution in [0, 0.1) is 5.41 Å². The fraction of sp³-hybridized carbons (Fsp3) is 0.476. The van der Waals surface area contributed by atoms with Gasteiger partial charge in [0.05, 0.1) is 11.1 Å². The van der Waals surface area contributed by atoms with Crippen molar-refractivity contribution < 1.29 is 31.1 Å². The Labute approximate surface area is 179 Å². The van der Waals surface area contributed by atoms with Gasteiger partial charge in [0.15, 0.2) is 5.82 Å². The lowest BCUT2D eigenvalue weighted by molar-refractivity contribution is -0.143. The second-order valence-electron chi connectivity index (χ2n) is 8.28. The third kappa shape index (κ3) is 4.57. The lowest BCUT2D eigenvalue weighted by Gasteiger charge is -2.38. The number of hydrogen-bond acceptors (Lipinski definition) is 4. The predicted octanol–water partition coefficient (Wildman–Crippen LogP) is 4.40. The summed E-state index contributed by atoms with van der Waals surface area (Å²) in [7, 11) is 0. The molecule has 2 aromatic rings. The molecular weight excluding hydrogens is 438 g/mol. The fourth-order valence-corrected chi connectivity index (χ4v) is 4.27. The van der Waals surface area contributed by atoms with Crippen molar-refractivity contribution in [3.8, 4) is 11.4 Å². The van der Waals surface area contributed by atoms with Crippen molar-refractivity contribution in [1.82, 2.24) is 20.2 Å². The van der Waals surface area contributed by atoms with Gasteiger partial charge in [0.2, 0.25) is 0 Å². The summed E-state index contributed by atoms with van der Waals surface area (Å²) >= 11 is 0. The summed E-state index contributed by atoms with van der Waals surface area (Å²) in [6.07, 6.45) is -6.11. The standard InChI is InChI=1S/C21H20F6N4O/c22-20(23,24)14-9-13(10-15(11-14)21(25,26)27)17-29-5-1-16(30-17)18(32)31-7-3-19(4-8-31)2-6-28-12-19/h1,5,9-11,28H,2-4,6-8,12H2. The number of carbonyl (C=O) groups is 1. The SMILES string of the molecule is O=C(c1ccnc(-c2cc(C(F)(F)F)cc(C(F)(F)F)c2)n1)N1CCC2(CCNC2)CC1. The summed E-state index contributed by atoms with van der Waals surface area (Å²) in [6.45, 7) is 2.88. The molecule has 5 nitrogen and oxygen atoms in total. The van der Waals surface area contributed by atoms with Crippen molar-refractivity contribution in [3.05, 3.63) is 47.3 Å². The first-order valence-corrected chi connectivity index (χ1v) is 10.1. The Kier molecular flexibility index (Phi) is 5.64. The monoisotopic (exact) mass is 458 g/mol. The van der Waals surface area contributed by atoms with E-state index in [4.69, 9.17) is 0 Å². The number of aromatic nitrogens is 2. The lowest BCUT2D eigenvalue weighted by Crippen LogP contribution is -2.44. The number of likely N-dealkylation sites (tertiary alicyclic amines) is 1. The van der Waals surface area contributed by atoms with E-state index in [1.807, 2.05) is 0 Å². The van der Waals surface area contributed by atoms with Crippen LogP contribution in [0.5, 0.6) is 0 Å². The summed E-state index contributed by atoms with van der Waals surface area (Å²) in [5.74, 6) is -0.793. The van der Waals surface area contributed by atoms with E-state index in [-0.39, 0.29) is 23.0 Å². The molecule has 0 unspecified atom stereocenters. The van der Waals surface area contributed by atoms with Crippen molar-refractivity contribution in [2.24, 2.45) is 5.41 Å². The zero-order chi connectivity index (χ0) is 23.1. The molecule has 0 radical (unpaired) electrons. The van der Waals surface area contributed by atoms with Gasteiger partial charge in [-0.25, -0.2) is 9.97 Å². The molecule has 0 saturated carbocycles. The summed E-state index contributed by atoms with van der Waals surface area (Å²) in [6, 6.07) is 2.46. The van der Waals surface area contributed by atoms with Crippen molar-refractivity contribution in [2.45, 2.75) is 31.6 Å². The molecular formula is C21H20F6N4O. The molecule has 2 saturated heterocycles. The average Bonchev–Trinajstić information content (AvgIpc) is 3.20. The zero-order valence-electron chi connectivity index (χ0n) is 16.9. The molecule has 4 rings (SSSR count). The molecule has 3 heterocycles. The normalized spacial score (nSPS) is 18.9. The van der Waals surface area contributed by atoms with Gasteiger partial charge in [-0.05, 0) is 55.5 Å². The highest BCUT2D eigenvalue weighted by atomic mass is 19.4. The number of carbonyl (C=O) groups excluding carboxylic acids is 1. The first-order chi connectivity index (χ1) is 15.0. The summed E-state index contributed by atoms with van der Waals surface area (Å²) < 4.78 is 78.9. The molecule has 1 aromatic carbocycles. The highest BCUT2D eigenvalue weighted by Gasteiger charge is 2.39. The van der Waals surface area contributed by atoms with Gasteiger partial charge in [-0.1, -0.05) is 0 Å². The second-order valence-corrected chi connectivity index (χ2v) is 8.28. The highest BCUT2D eigenvalue weighted by Crippen LogP contribution is 2.39. The van der Waals surface area contributed by atoms with Gasteiger partial charge >= 0.3 is 12.4 Å². The Balaban J connectivity index is 1.61. The van der Waals surface area contributed by atoms with E-state index < -0.39 is 35.0 Å². The highest BCUT2D eigenvalue weighted by molar-refractivity contribution is 5.92. The van der Waals surface area contributed by atoms with Crippen molar-refractivity contribution >= 4 is 5.91 Å². The van der Waals surface area contributed by atoms with Crippen molar-refractivity contribution in [1.29, 1.82) is 0 Å². The topological polar surface area (TPSA) is 58.1 Å². The molecule has 172 valence electrons. The number of rotatable bonds is 2. The van der Waals surface area contributed by atoms with Crippen LogP contribution in [0.4, 0.5) is 26.3 Å². The molecule has 0 atom stereocenters. The Bertz CT molecular complexity index is 972. The van der Waals surface area contributed by atoms with Crippen LogP contribution in [0.2, 0.25) is 0 Å².